The maximum absolute atomic E-state index is 13.2. The van der Waals surface area contributed by atoms with Crippen molar-refractivity contribution in [2.24, 2.45) is 0 Å². The molecule has 0 aromatic heterocycles. The highest BCUT2D eigenvalue weighted by Crippen LogP contribution is 2.40. The quantitative estimate of drug-likeness (QED) is 0.224. The van der Waals surface area contributed by atoms with Gasteiger partial charge in [0.2, 0.25) is 0 Å². The Bertz CT molecular complexity index is 1100. The van der Waals surface area contributed by atoms with Crippen LogP contribution in [0.2, 0.25) is 0 Å². The molecule has 1 saturated heterocycles. The highest BCUT2D eigenvalue weighted by atomic mass is 16.5. The van der Waals surface area contributed by atoms with Crippen LogP contribution in [0.5, 0.6) is 11.5 Å². The second-order valence-electron chi connectivity index (χ2n) is 8.37. The molecule has 0 aliphatic carbocycles. The van der Waals surface area contributed by atoms with E-state index in [0.717, 1.165) is 24.2 Å². The number of likely N-dealkylation sites (N-methyl/N-ethyl adjacent to an activating group) is 1. The molecule has 1 unspecified atom stereocenters. The average Bonchev–Trinajstić information content (AvgIpc) is 3.12. The van der Waals surface area contributed by atoms with Crippen LogP contribution in [0.25, 0.3) is 5.76 Å². The summed E-state index contributed by atoms with van der Waals surface area (Å²) in [5, 5.41) is 11.3. The molecule has 1 amide bonds. The Balaban J connectivity index is 2.08. The lowest BCUT2D eigenvalue weighted by Gasteiger charge is -2.28. The third-order valence-electron chi connectivity index (χ3n) is 6.32. The van der Waals surface area contributed by atoms with Gasteiger partial charge in [-0.2, -0.15) is 0 Å². The number of likely N-dealkylation sites (tertiary alicyclic amines) is 1. The van der Waals surface area contributed by atoms with Gasteiger partial charge >= 0.3 is 0 Å². The number of aliphatic hydroxyl groups excluding tert-OH is 1. The van der Waals surface area contributed by atoms with Crippen LogP contribution in [-0.4, -0.2) is 66.5 Å². The van der Waals surface area contributed by atoms with E-state index < -0.39 is 17.7 Å². The summed E-state index contributed by atoms with van der Waals surface area (Å²) in [5.41, 5.74) is 2.08. The minimum absolute atomic E-state index is 0.0823. The van der Waals surface area contributed by atoms with Crippen molar-refractivity contribution >= 4 is 17.4 Å². The van der Waals surface area contributed by atoms with Crippen molar-refractivity contribution in [1.82, 2.24) is 9.80 Å². The third-order valence-corrected chi connectivity index (χ3v) is 6.32. The first-order valence-electron chi connectivity index (χ1n) is 11.9. The summed E-state index contributed by atoms with van der Waals surface area (Å²) >= 11 is 0. The summed E-state index contributed by atoms with van der Waals surface area (Å²) in [6.07, 6.45) is 1.66. The molecule has 186 valence electrons. The molecular weight excluding hydrogens is 444 g/mol. The molecule has 0 bridgehead atoms. The molecule has 3 rings (SSSR count). The number of amides is 1. The lowest BCUT2D eigenvalue weighted by molar-refractivity contribution is -0.140. The zero-order valence-corrected chi connectivity index (χ0v) is 20.9. The predicted molar refractivity (Wildman–Crippen MR) is 137 cm³/mol. The van der Waals surface area contributed by atoms with Gasteiger partial charge < -0.3 is 24.4 Å². The monoisotopic (exact) mass is 478 g/mol. The molecule has 1 atom stereocenters. The van der Waals surface area contributed by atoms with Gasteiger partial charge in [0, 0.05) is 18.7 Å². The van der Waals surface area contributed by atoms with Gasteiger partial charge in [0.1, 0.15) is 23.9 Å². The number of Topliss-reactive ketones (excluding diaryl/α,β-unsaturated/α-hetero) is 1. The Morgan fingerprint density at radius 2 is 1.83 bits per heavy atom. The van der Waals surface area contributed by atoms with Crippen molar-refractivity contribution < 1.29 is 24.2 Å². The fraction of sp³-hybridized carbons (Fsp3) is 0.357. The summed E-state index contributed by atoms with van der Waals surface area (Å²) in [7, 11) is 1.58. The molecule has 35 heavy (non-hydrogen) atoms. The molecule has 0 spiro atoms. The molecule has 1 fully saturated rings. The maximum atomic E-state index is 13.2. The van der Waals surface area contributed by atoms with E-state index in [1.54, 1.807) is 48.4 Å². The van der Waals surface area contributed by atoms with Gasteiger partial charge in [-0.15, -0.1) is 0 Å². The number of aliphatic hydroxyl groups is 1. The molecule has 0 radical (unpaired) electrons. The lowest BCUT2D eigenvalue weighted by atomic mass is 9.94. The van der Waals surface area contributed by atoms with Crippen molar-refractivity contribution in [1.29, 1.82) is 0 Å². The van der Waals surface area contributed by atoms with Gasteiger partial charge in [0.05, 0.1) is 18.7 Å². The van der Waals surface area contributed by atoms with Crippen LogP contribution in [-0.2, 0) is 9.59 Å². The number of nitrogens with zero attached hydrogens (tertiary/aromatic N) is 2. The number of methoxy groups -OCH3 is 1. The first-order chi connectivity index (χ1) is 16.9. The first-order valence-corrected chi connectivity index (χ1v) is 11.9. The van der Waals surface area contributed by atoms with E-state index in [2.05, 4.69) is 25.3 Å². The fourth-order valence-corrected chi connectivity index (χ4v) is 4.33. The Kier molecular flexibility index (Phi) is 8.71. The number of aryl methyl sites for hydroxylation is 1. The molecule has 1 heterocycles. The van der Waals surface area contributed by atoms with Crippen LogP contribution in [0.3, 0.4) is 0 Å². The maximum Gasteiger partial charge on any atom is 0.295 e. The number of ether oxygens (including phenoxy) is 2. The van der Waals surface area contributed by atoms with Crippen LogP contribution in [0.4, 0.5) is 0 Å². The molecule has 2 aromatic carbocycles. The van der Waals surface area contributed by atoms with Crippen LogP contribution in [0.15, 0.2) is 60.7 Å². The molecule has 7 heteroatoms. The number of benzene rings is 2. The van der Waals surface area contributed by atoms with Crippen LogP contribution in [0, 0.1) is 6.92 Å². The van der Waals surface area contributed by atoms with Crippen molar-refractivity contribution in [2.75, 3.05) is 39.9 Å². The number of carbonyl (C=O) groups excluding carboxylic acids is 2. The summed E-state index contributed by atoms with van der Waals surface area (Å²) in [6.45, 7) is 12.7. The number of ketones is 1. The zero-order valence-electron chi connectivity index (χ0n) is 20.9. The largest absolute Gasteiger partial charge is 0.507 e. The van der Waals surface area contributed by atoms with E-state index in [9.17, 15) is 14.7 Å². The molecule has 1 N–H and O–H groups in total. The summed E-state index contributed by atoms with van der Waals surface area (Å²) in [4.78, 5) is 30.1. The smallest absolute Gasteiger partial charge is 0.295 e. The number of hydrogen-bond donors (Lipinski definition) is 1. The average molecular weight is 479 g/mol. The Morgan fingerprint density at radius 3 is 2.40 bits per heavy atom. The summed E-state index contributed by atoms with van der Waals surface area (Å²) < 4.78 is 10.9. The summed E-state index contributed by atoms with van der Waals surface area (Å²) in [5.74, 6) is -0.169. The Morgan fingerprint density at radius 1 is 1.14 bits per heavy atom. The van der Waals surface area contributed by atoms with Crippen molar-refractivity contribution in [3.63, 3.8) is 0 Å². The predicted octanol–water partition coefficient (Wildman–Crippen LogP) is 4.33. The van der Waals surface area contributed by atoms with E-state index in [1.807, 2.05) is 19.1 Å². The van der Waals surface area contributed by atoms with Gasteiger partial charge in [-0.05, 0) is 61.5 Å². The second kappa shape index (κ2) is 11.7. The standard InChI is InChI=1S/C28H34N2O5/c1-6-17-35-22-12-9-20(10-13-22)25-24(26(31)21-11-14-23(34-5)19(4)18-21)27(32)28(33)30(25)16-15-29(7-2)8-3/h6,9-14,18,25,31H,1,7-8,15-17H2,2-5H3. The van der Waals surface area contributed by atoms with Gasteiger partial charge in [0.25, 0.3) is 11.7 Å². The van der Waals surface area contributed by atoms with E-state index in [0.29, 0.717) is 36.8 Å². The molecular formula is C28H34N2O5. The lowest BCUT2D eigenvalue weighted by Crippen LogP contribution is -2.38. The number of rotatable bonds is 11. The van der Waals surface area contributed by atoms with E-state index in [4.69, 9.17) is 9.47 Å². The number of hydrogen-bond acceptors (Lipinski definition) is 6. The normalized spacial score (nSPS) is 17.2. The highest BCUT2D eigenvalue weighted by Gasteiger charge is 2.46. The second-order valence-corrected chi connectivity index (χ2v) is 8.37. The third kappa shape index (κ3) is 5.57. The molecule has 2 aromatic rings. The zero-order chi connectivity index (χ0) is 25.5. The minimum Gasteiger partial charge on any atom is -0.507 e. The van der Waals surface area contributed by atoms with E-state index >= 15 is 0 Å². The number of carbonyl (C=O) groups is 2. The topological polar surface area (TPSA) is 79.3 Å². The van der Waals surface area contributed by atoms with Crippen molar-refractivity contribution in [3.05, 3.63) is 77.4 Å². The first kappa shape index (κ1) is 26.0. The highest BCUT2D eigenvalue weighted by molar-refractivity contribution is 6.46. The van der Waals surface area contributed by atoms with Gasteiger partial charge in [-0.3, -0.25) is 9.59 Å². The fourth-order valence-electron chi connectivity index (χ4n) is 4.33. The molecule has 7 nitrogen and oxygen atoms in total. The molecule has 0 saturated carbocycles. The minimum atomic E-state index is -0.707. The van der Waals surface area contributed by atoms with Crippen molar-refractivity contribution in [3.8, 4) is 11.5 Å². The van der Waals surface area contributed by atoms with Gasteiger partial charge in [-0.25, -0.2) is 0 Å². The van der Waals surface area contributed by atoms with Crippen LogP contribution in [0.1, 0.15) is 36.6 Å². The van der Waals surface area contributed by atoms with Crippen molar-refractivity contribution in [2.45, 2.75) is 26.8 Å². The molecule has 1 aliphatic heterocycles. The Labute approximate surface area is 207 Å². The van der Waals surface area contributed by atoms with E-state index in [-0.39, 0.29) is 11.3 Å². The van der Waals surface area contributed by atoms with Gasteiger partial charge in [0.15, 0.2) is 0 Å². The molecule has 1 aliphatic rings. The van der Waals surface area contributed by atoms with Crippen LogP contribution >= 0.6 is 0 Å². The van der Waals surface area contributed by atoms with Gasteiger partial charge in [-0.1, -0.05) is 38.6 Å². The summed E-state index contributed by atoms with van der Waals surface area (Å²) in [6, 6.07) is 11.7. The Hall–Kier alpha value is -3.58. The van der Waals surface area contributed by atoms with Crippen LogP contribution < -0.4 is 9.47 Å². The SMILES string of the molecule is C=CCOc1ccc(C2C(=C(O)c3ccc(OC)c(C)c3)C(=O)C(=O)N2CCN(CC)CC)cc1. The van der Waals surface area contributed by atoms with E-state index in [1.165, 1.54) is 0 Å².